The van der Waals surface area contributed by atoms with Crippen LogP contribution < -0.4 is 14.4 Å². The number of hydrogen-bond acceptors (Lipinski definition) is 6. The highest BCUT2D eigenvalue weighted by Crippen LogP contribution is 2.42. The minimum atomic E-state index is -0.992. The fourth-order valence-corrected chi connectivity index (χ4v) is 4.13. The van der Waals surface area contributed by atoms with Gasteiger partial charge >= 0.3 is 5.91 Å². The number of anilines is 1. The fourth-order valence-electron chi connectivity index (χ4n) is 4.13. The zero-order valence-corrected chi connectivity index (χ0v) is 18.8. The number of ether oxygens (including phenoxy) is 2. The maximum Gasteiger partial charge on any atom is 0.302 e. The van der Waals surface area contributed by atoms with Crippen LogP contribution in [-0.4, -0.2) is 41.0 Å². The van der Waals surface area contributed by atoms with E-state index >= 15 is 0 Å². The van der Waals surface area contributed by atoms with Gasteiger partial charge in [0, 0.05) is 11.6 Å². The molecule has 35 heavy (non-hydrogen) atoms. The maximum atomic E-state index is 13.5. The molecular weight excluding hydrogens is 453 g/mol. The van der Waals surface area contributed by atoms with Crippen molar-refractivity contribution in [2.24, 2.45) is 0 Å². The first-order valence-electron chi connectivity index (χ1n) is 10.7. The Morgan fingerprint density at radius 3 is 2.29 bits per heavy atom. The Kier molecular flexibility index (Phi) is 5.44. The molecule has 1 aliphatic heterocycles. The molecule has 5 rings (SSSR count). The summed E-state index contributed by atoms with van der Waals surface area (Å²) >= 11 is 0. The highest BCUT2D eigenvalue weighted by Gasteiger charge is 2.48. The van der Waals surface area contributed by atoms with Crippen molar-refractivity contribution in [1.29, 1.82) is 0 Å². The number of halogens is 1. The largest absolute Gasteiger partial charge is 0.507 e. The zero-order chi connectivity index (χ0) is 24.7. The van der Waals surface area contributed by atoms with E-state index in [-0.39, 0.29) is 17.1 Å². The standard InChI is InChI=1S/C26H20FN3O5/c1-34-17-9-5-14(6-10-17)22-21(23(31)15-3-7-16(27)8-4-15)24(32)25(33)30(22)26-28-19-12-11-18(35-2)13-20(19)29-26/h3-13,22,31H,1-2H3,(H,28,29)/b23-21+. The van der Waals surface area contributed by atoms with Crippen molar-refractivity contribution in [1.82, 2.24) is 9.97 Å². The summed E-state index contributed by atoms with van der Waals surface area (Å²) in [7, 11) is 3.06. The van der Waals surface area contributed by atoms with Crippen molar-refractivity contribution >= 4 is 34.4 Å². The summed E-state index contributed by atoms with van der Waals surface area (Å²) in [5, 5.41) is 11.1. The molecule has 9 heteroatoms. The third-order valence-electron chi connectivity index (χ3n) is 5.90. The third-order valence-corrected chi connectivity index (χ3v) is 5.90. The molecule has 0 spiro atoms. The second-order valence-corrected chi connectivity index (χ2v) is 7.89. The van der Waals surface area contributed by atoms with Crippen LogP contribution >= 0.6 is 0 Å². The van der Waals surface area contributed by atoms with E-state index in [1.165, 1.54) is 43.4 Å². The molecule has 1 atom stereocenters. The number of hydrogen-bond donors (Lipinski definition) is 2. The number of carbonyl (C=O) groups is 2. The Morgan fingerprint density at radius 1 is 0.971 bits per heavy atom. The summed E-state index contributed by atoms with van der Waals surface area (Å²) in [6.07, 6.45) is 0. The average Bonchev–Trinajstić information content (AvgIpc) is 3.41. The number of aliphatic hydroxyl groups is 1. The molecule has 8 nitrogen and oxygen atoms in total. The van der Waals surface area contributed by atoms with Gasteiger partial charge in [0.1, 0.15) is 23.1 Å². The van der Waals surface area contributed by atoms with Crippen molar-refractivity contribution in [2.45, 2.75) is 6.04 Å². The molecule has 1 amide bonds. The first kappa shape index (κ1) is 22.1. The number of nitrogens with zero attached hydrogens (tertiary/aromatic N) is 2. The van der Waals surface area contributed by atoms with Crippen LogP contribution in [0.1, 0.15) is 17.2 Å². The molecule has 1 saturated heterocycles. The number of amides is 1. The first-order chi connectivity index (χ1) is 16.9. The molecule has 1 fully saturated rings. The molecule has 3 aromatic carbocycles. The van der Waals surface area contributed by atoms with Gasteiger partial charge in [-0.25, -0.2) is 9.37 Å². The number of imidazole rings is 1. The Balaban J connectivity index is 1.70. The number of aromatic nitrogens is 2. The summed E-state index contributed by atoms with van der Waals surface area (Å²) in [6.45, 7) is 0. The van der Waals surface area contributed by atoms with Crippen molar-refractivity contribution in [3.05, 3.63) is 89.2 Å². The van der Waals surface area contributed by atoms with Gasteiger partial charge in [0.2, 0.25) is 5.95 Å². The molecule has 4 aromatic rings. The van der Waals surface area contributed by atoms with Gasteiger partial charge < -0.3 is 19.6 Å². The number of carbonyl (C=O) groups excluding carboxylic acids is 2. The number of nitrogens with one attached hydrogen (secondary N) is 1. The van der Waals surface area contributed by atoms with E-state index in [1.54, 1.807) is 42.5 Å². The third kappa shape index (κ3) is 3.76. The van der Waals surface area contributed by atoms with Crippen molar-refractivity contribution in [3.63, 3.8) is 0 Å². The minimum Gasteiger partial charge on any atom is -0.507 e. The van der Waals surface area contributed by atoms with Crippen molar-refractivity contribution < 1.29 is 28.6 Å². The predicted octanol–water partition coefficient (Wildman–Crippen LogP) is 4.35. The lowest BCUT2D eigenvalue weighted by Gasteiger charge is -2.23. The zero-order valence-electron chi connectivity index (χ0n) is 18.8. The predicted molar refractivity (Wildman–Crippen MR) is 127 cm³/mol. The maximum absolute atomic E-state index is 13.5. The van der Waals surface area contributed by atoms with E-state index in [0.717, 1.165) is 0 Å². The molecule has 0 bridgehead atoms. The van der Waals surface area contributed by atoms with Crippen molar-refractivity contribution in [3.8, 4) is 11.5 Å². The van der Waals surface area contributed by atoms with Gasteiger partial charge in [-0.2, -0.15) is 0 Å². The number of benzene rings is 3. The lowest BCUT2D eigenvalue weighted by atomic mass is 9.95. The average molecular weight is 473 g/mol. The summed E-state index contributed by atoms with van der Waals surface area (Å²) in [4.78, 5) is 35.3. The summed E-state index contributed by atoms with van der Waals surface area (Å²) < 4.78 is 23.9. The van der Waals surface area contributed by atoms with Gasteiger partial charge in [-0.1, -0.05) is 12.1 Å². The monoisotopic (exact) mass is 473 g/mol. The number of methoxy groups -OCH3 is 2. The van der Waals surface area contributed by atoms with E-state index in [4.69, 9.17) is 9.47 Å². The molecule has 1 aliphatic rings. The summed E-state index contributed by atoms with van der Waals surface area (Å²) in [5.41, 5.74) is 1.79. The Morgan fingerprint density at radius 2 is 1.63 bits per heavy atom. The summed E-state index contributed by atoms with van der Waals surface area (Å²) in [5.74, 6) is -1.34. The van der Waals surface area contributed by atoms with E-state index in [1.807, 2.05) is 0 Å². The van der Waals surface area contributed by atoms with Crippen LogP contribution in [0, 0.1) is 5.82 Å². The molecule has 0 aliphatic carbocycles. The molecule has 1 aromatic heterocycles. The van der Waals surface area contributed by atoms with Crippen LogP contribution in [-0.2, 0) is 9.59 Å². The van der Waals surface area contributed by atoms with E-state index in [2.05, 4.69) is 9.97 Å². The molecule has 0 radical (unpaired) electrons. The lowest BCUT2D eigenvalue weighted by Crippen LogP contribution is -2.30. The smallest absolute Gasteiger partial charge is 0.302 e. The number of Topliss-reactive ketones (excluding diaryl/α,β-unsaturated/α-hetero) is 1. The van der Waals surface area contributed by atoms with Crippen LogP contribution in [0.4, 0.5) is 10.3 Å². The molecular formula is C26H20FN3O5. The van der Waals surface area contributed by atoms with Gasteiger partial charge in [-0.3, -0.25) is 14.5 Å². The van der Waals surface area contributed by atoms with E-state index in [9.17, 15) is 19.1 Å². The van der Waals surface area contributed by atoms with Gasteiger partial charge in [-0.05, 0) is 54.1 Å². The lowest BCUT2D eigenvalue weighted by molar-refractivity contribution is -0.132. The normalized spacial score (nSPS) is 17.2. The fraction of sp³-hybridized carbons (Fsp3) is 0.115. The Labute approximate surface area is 199 Å². The van der Waals surface area contributed by atoms with Crippen LogP contribution in [0.25, 0.3) is 16.8 Å². The number of ketones is 1. The van der Waals surface area contributed by atoms with Crippen molar-refractivity contribution in [2.75, 3.05) is 19.1 Å². The van der Waals surface area contributed by atoms with Gasteiger partial charge in [-0.15, -0.1) is 0 Å². The van der Waals surface area contributed by atoms with Gasteiger partial charge in [0.25, 0.3) is 5.78 Å². The number of aromatic amines is 1. The molecule has 1 unspecified atom stereocenters. The second-order valence-electron chi connectivity index (χ2n) is 7.89. The van der Waals surface area contributed by atoms with Crippen LogP contribution in [0.2, 0.25) is 0 Å². The number of fused-ring (bicyclic) bond motifs is 1. The quantitative estimate of drug-likeness (QED) is 0.254. The second kappa shape index (κ2) is 8.60. The highest BCUT2D eigenvalue weighted by atomic mass is 19.1. The Bertz CT molecular complexity index is 1480. The number of rotatable bonds is 5. The van der Waals surface area contributed by atoms with Crippen LogP contribution in [0.3, 0.4) is 0 Å². The van der Waals surface area contributed by atoms with Gasteiger partial charge in [0.15, 0.2) is 0 Å². The summed E-state index contributed by atoms with van der Waals surface area (Å²) in [6, 6.07) is 16.0. The topological polar surface area (TPSA) is 105 Å². The molecule has 2 heterocycles. The number of aliphatic hydroxyl groups excluding tert-OH is 1. The highest BCUT2D eigenvalue weighted by molar-refractivity contribution is 6.51. The SMILES string of the molecule is COc1ccc(C2/C(=C(\O)c3ccc(F)cc3)C(=O)C(=O)N2c2nc3ccc(OC)cc3[nH]2)cc1. The number of H-pyrrole nitrogens is 1. The first-order valence-corrected chi connectivity index (χ1v) is 10.7. The van der Waals surface area contributed by atoms with Crippen LogP contribution in [0.5, 0.6) is 11.5 Å². The van der Waals surface area contributed by atoms with E-state index < -0.39 is 29.3 Å². The minimum absolute atomic E-state index is 0.134. The van der Waals surface area contributed by atoms with Crippen LogP contribution in [0.15, 0.2) is 72.3 Å². The van der Waals surface area contributed by atoms with Gasteiger partial charge in [0.05, 0.1) is 36.9 Å². The molecule has 0 saturated carbocycles. The van der Waals surface area contributed by atoms with E-state index in [0.29, 0.717) is 28.1 Å². The Hall–Kier alpha value is -4.66. The molecule has 2 N–H and O–H groups in total. The molecule has 176 valence electrons.